The predicted octanol–water partition coefficient (Wildman–Crippen LogP) is 6.12. The minimum Gasteiger partial charge on any atom is -0.485 e. The molecule has 32 heavy (non-hydrogen) atoms. The van der Waals surface area contributed by atoms with Gasteiger partial charge in [-0.15, -0.1) is 0 Å². The first-order valence-electron chi connectivity index (χ1n) is 10.3. The van der Waals surface area contributed by atoms with Gasteiger partial charge in [0.15, 0.2) is 18.1 Å². The van der Waals surface area contributed by atoms with Crippen LogP contribution in [0.1, 0.15) is 25.0 Å². The Morgan fingerprint density at radius 1 is 1.00 bits per heavy atom. The van der Waals surface area contributed by atoms with Gasteiger partial charge in [0.1, 0.15) is 18.0 Å². The highest BCUT2D eigenvalue weighted by Gasteiger charge is 2.24. The van der Waals surface area contributed by atoms with Gasteiger partial charge in [-0.1, -0.05) is 60.1 Å². The van der Waals surface area contributed by atoms with Gasteiger partial charge in [-0.05, 0) is 43.7 Å². The molecular weight excluding hydrogens is 426 g/mol. The highest BCUT2D eigenvalue weighted by atomic mass is 35.5. The normalized spacial score (nSPS) is 13.6. The van der Waals surface area contributed by atoms with Crippen LogP contribution < -0.4 is 19.5 Å². The molecule has 0 saturated heterocycles. The van der Waals surface area contributed by atoms with Gasteiger partial charge in [-0.3, -0.25) is 4.79 Å². The third kappa shape index (κ3) is 5.42. The highest BCUT2D eigenvalue weighted by molar-refractivity contribution is 6.33. The van der Waals surface area contributed by atoms with E-state index >= 15 is 0 Å². The summed E-state index contributed by atoms with van der Waals surface area (Å²) >= 11 is 6.12. The largest absolute Gasteiger partial charge is 0.485 e. The average Bonchev–Trinajstić information content (AvgIpc) is 2.78. The minimum absolute atomic E-state index is 0.193. The maximum Gasteiger partial charge on any atom is 0.262 e. The first-order chi connectivity index (χ1) is 15.4. The number of ether oxygens (including phenoxy) is 3. The molecule has 6 heteroatoms. The van der Waals surface area contributed by atoms with Crippen LogP contribution in [0.15, 0.2) is 72.8 Å². The fourth-order valence-corrected chi connectivity index (χ4v) is 3.42. The molecule has 3 aromatic rings. The molecule has 0 saturated carbocycles. The molecule has 164 valence electrons. The van der Waals surface area contributed by atoms with Crippen molar-refractivity contribution in [2.45, 2.75) is 26.1 Å². The van der Waals surface area contributed by atoms with Crippen LogP contribution in [0.25, 0.3) is 6.08 Å². The first kappa shape index (κ1) is 21.8. The van der Waals surface area contributed by atoms with Gasteiger partial charge in [0.2, 0.25) is 0 Å². The maximum absolute atomic E-state index is 12.4. The van der Waals surface area contributed by atoms with Crippen LogP contribution in [0.2, 0.25) is 5.02 Å². The van der Waals surface area contributed by atoms with Gasteiger partial charge in [0.25, 0.3) is 5.91 Å². The van der Waals surface area contributed by atoms with Crippen LogP contribution in [0.5, 0.6) is 17.2 Å². The van der Waals surface area contributed by atoms with Crippen molar-refractivity contribution in [3.63, 3.8) is 0 Å². The summed E-state index contributed by atoms with van der Waals surface area (Å²) in [6.07, 6.45) is 3.96. The molecule has 0 spiro atoms. The molecule has 1 N–H and O–H groups in total. The summed E-state index contributed by atoms with van der Waals surface area (Å²) in [6, 6.07) is 20.5. The average molecular weight is 450 g/mol. The van der Waals surface area contributed by atoms with Crippen LogP contribution in [0, 0.1) is 0 Å². The van der Waals surface area contributed by atoms with Crippen LogP contribution in [0.4, 0.5) is 5.69 Å². The van der Waals surface area contributed by atoms with Crippen molar-refractivity contribution in [3.8, 4) is 17.2 Å². The number of para-hydroxylation sites is 1. The predicted molar refractivity (Wildman–Crippen MR) is 127 cm³/mol. The first-order valence-corrected chi connectivity index (χ1v) is 10.7. The molecule has 0 fully saturated rings. The second-order valence-corrected chi connectivity index (χ2v) is 8.37. The van der Waals surface area contributed by atoms with E-state index in [2.05, 4.69) is 5.32 Å². The zero-order valence-corrected chi connectivity index (χ0v) is 18.7. The third-order valence-electron chi connectivity index (χ3n) is 4.86. The van der Waals surface area contributed by atoms with Crippen molar-refractivity contribution in [2.24, 2.45) is 0 Å². The molecule has 0 bridgehead atoms. The van der Waals surface area contributed by atoms with Crippen LogP contribution in [0.3, 0.4) is 0 Å². The summed E-state index contributed by atoms with van der Waals surface area (Å²) in [6.45, 7) is 4.14. The zero-order chi connectivity index (χ0) is 22.6. The molecule has 4 rings (SSSR count). The van der Waals surface area contributed by atoms with Gasteiger partial charge in [0, 0.05) is 11.6 Å². The number of fused-ring (bicyclic) bond motifs is 1. The summed E-state index contributed by atoms with van der Waals surface area (Å²) in [5, 5.41) is 3.22. The minimum atomic E-state index is -0.416. The zero-order valence-electron chi connectivity index (χ0n) is 17.9. The molecule has 0 radical (unpaired) electrons. The molecule has 1 aliphatic rings. The molecule has 0 unspecified atom stereocenters. The van der Waals surface area contributed by atoms with E-state index in [1.807, 2.05) is 68.5 Å². The maximum atomic E-state index is 12.4. The van der Waals surface area contributed by atoms with Crippen LogP contribution in [-0.4, -0.2) is 18.1 Å². The summed E-state index contributed by atoms with van der Waals surface area (Å²) in [5.41, 5.74) is 2.00. The van der Waals surface area contributed by atoms with E-state index in [9.17, 15) is 4.79 Å². The summed E-state index contributed by atoms with van der Waals surface area (Å²) in [7, 11) is 0. The Labute approximate surface area is 192 Å². The monoisotopic (exact) mass is 449 g/mol. The van der Waals surface area contributed by atoms with Gasteiger partial charge in [-0.25, -0.2) is 0 Å². The lowest BCUT2D eigenvalue weighted by atomic mass is 10.0. The topological polar surface area (TPSA) is 56.8 Å². The Morgan fingerprint density at radius 3 is 2.50 bits per heavy atom. The smallest absolute Gasteiger partial charge is 0.262 e. The Morgan fingerprint density at radius 2 is 1.72 bits per heavy atom. The summed E-state index contributed by atoms with van der Waals surface area (Å²) in [4.78, 5) is 12.4. The van der Waals surface area contributed by atoms with E-state index in [-0.39, 0.29) is 12.5 Å². The number of rotatable bonds is 7. The number of amides is 1. The number of nitrogens with one attached hydrogen (secondary N) is 1. The number of benzene rings is 3. The molecule has 1 amide bonds. The standard InChI is InChI=1S/C26H24ClNO4/c1-26(2)13-12-19-14-23(31-17-25(29)28-21-11-7-6-10-20(21)27)24(15-22(19)32-26)30-16-18-8-4-3-5-9-18/h3-15H,16-17H2,1-2H3,(H,28,29). The molecule has 5 nitrogen and oxygen atoms in total. The van der Waals surface area contributed by atoms with Crippen molar-refractivity contribution >= 4 is 29.3 Å². The van der Waals surface area contributed by atoms with E-state index < -0.39 is 5.60 Å². The number of carbonyl (C=O) groups is 1. The van der Waals surface area contributed by atoms with Gasteiger partial charge < -0.3 is 19.5 Å². The number of carbonyl (C=O) groups excluding carboxylic acids is 1. The quantitative estimate of drug-likeness (QED) is 0.472. The van der Waals surface area contributed by atoms with Crippen molar-refractivity contribution in [1.29, 1.82) is 0 Å². The molecular formula is C26H24ClNO4. The van der Waals surface area contributed by atoms with Crippen molar-refractivity contribution < 1.29 is 19.0 Å². The second-order valence-electron chi connectivity index (χ2n) is 7.97. The second kappa shape index (κ2) is 9.37. The molecule has 1 aliphatic heterocycles. The Balaban J connectivity index is 1.52. The molecule has 0 aliphatic carbocycles. The fraction of sp³-hybridized carbons (Fsp3) is 0.192. The number of halogens is 1. The van der Waals surface area contributed by atoms with E-state index in [0.29, 0.717) is 34.6 Å². The van der Waals surface area contributed by atoms with Gasteiger partial charge in [-0.2, -0.15) is 0 Å². The van der Waals surface area contributed by atoms with Crippen molar-refractivity contribution in [1.82, 2.24) is 0 Å². The lowest BCUT2D eigenvalue weighted by Crippen LogP contribution is -2.27. The molecule has 1 heterocycles. The van der Waals surface area contributed by atoms with Crippen molar-refractivity contribution in [3.05, 3.63) is 89.0 Å². The molecule has 0 atom stereocenters. The number of hydrogen-bond acceptors (Lipinski definition) is 4. The number of hydrogen-bond donors (Lipinski definition) is 1. The highest BCUT2D eigenvalue weighted by Crippen LogP contribution is 2.40. The Bertz CT molecular complexity index is 1140. The van der Waals surface area contributed by atoms with Crippen molar-refractivity contribution in [2.75, 3.05) is 11.9 Å². The van der Waals surface area contributed by atoms with Gasteiger partial charge >= 0.3 is 0 Å². The van der Waals surface area contributed by atoms with E-state index in [4.69, 9.17) is 25.8 Å². The lowest BCUT2D eigenvalue weighted by molar-refractivity contribution is -0.118. The van der Waals surface area contributed by atoms with E-state index in [0.717, 1.165) is 11.1 Å². The Kier molecular flexibility index (Phi) is 6.37. The van der Waals surface area contributed by atoms with Crippen LogP contribution in [-0.2, 0) is 11.4 Å². The van der Waals surface area contributed by atoms with E-state index in [1.54, 1.807) is 24.3 Å². The summed E-state index contributed by atoms with van der Waals surface area (Å²) < 4.78 is 18.0. The molecule has 0 aromatic heterocycles. The summed E-state index contributed by atoms with van der Waals surface area (Å²) in [5.74, 6) is 1.34. The van der Waals surface area contributed by atoms with Gasteiger partial charge in [0.05, 0.1) is 10.7 Å². The molecule has 3 aromatic carbocycles. The third-order valence-corrected chi connectivity index (χ3v) is 5.19. The fourth-order valence-electron chi connectivity index (χ4n) is 3.24. The Hall–Kier alpha value is -3.44. The SMILES string of the molecule is CC1(C)C=Cc2cc(OCC(=O)Nc3ccccc3Cl)c(OCc3ccccc3)cc2O1. The van der Waals surface area contributed by atoms with Crippen LogP contribution >= 0.6 is 11.6 Å². The number of anilines is 1. The van der Waals surface area contributed by atoms with E-state index in [1.165, 1.54) is 0 Å². The lowest BCUT2D eigenvalue weighted by Gasteiger charge is -2.28.